The summed E-state index contributed by atoms with van der Waals surface area (Å²) in [4.78, 5) is 37.5. The first-order chi connectivity index (χ1) is 13.4. The summed E-state index contributed by atoms with van der Waals surface area (Å²) in [7, 11) is 1.76. The van der Waals surface area contributed by atoms with E-state index in [-0.39, 0.29) is 17.0 Å². The van der Waals surface area contributed by atoms with Gasteiger partial charge in [-0.3, -0.25) is 19.1 Å². The van der Waals surface area contributed by atoms with E-state index in [0.29, 0.717) is 21.8 Å². The zero-order valence-electron chi connectivity index (χ0n) is 15.5. The maximum Gasteiger partial charge on any atom is 0.295 e. The van der Waals surface area contributed by atoms with Crippen LogP contribution in [0, 0.1) is 6.92 Å². The lowest BCUT2D eigenvalue weighted by Crippen LogP contribution is -2.23. The van der Waals surface area contributed by atoms with Crippen LogP contribution in [0.15, 0.2) is 64.3 Å². The predicted molar refractivity (Wildman–Crippen MR) is 110 cm³/mol. The van der Waals surface area contributed by atoms with Gasteiger partial charge in [0.1, 0.15) is 5.69 Å². The smallest absolute Gasteiger partial charge is 0.295 e. The van der Waals surface area contributed by atoms with Crippen LogP contribution < -0.4 is 16.6 Å². The Kier molecular flexibility index (Phi) is 5.70. The topological polar surface area (TPSA) is 99.1 Å². The number of amides is 2. The molecule has 3 aromatic rings. The second-order valence-corrected chi connectivity index (χ2v) is 7.16. The Morgan fingerprint density at radius 1 is 1.07 bits per heavy atom. The minimum Gasteiger partial charge on any atom is -0.369 e. The summed E-state index contributed by atoms with van der Waals surface area (Å²) in [6, 6.07) is 16.1. The van der Waals surface area contributed by atoms with Crippen LogP contribution in [0.4, 0.5) is 5.69 Å². The Bertz CT molecular complexity index is 1090. The molecule has 8 heteroatoms. The second kappa shape index (κ2) is 8.18. The summed E-state index contributed by atoms with van der Waals surface area (Å²) < 4.78 is 3.19. The van der Waals surface area contributed by atoms with Crippen LogP contribution in [-0.4, -0.2) is 26.9 Å². The van der Waals surface area contributed by atoms with Crippen molar-refractivity contribution in [3.8, 4) is 5.69 Å². The number of carbonyl (C=O) groups is 2. The van der Waals surface area contributed by atoms with Gasteiger partial charge in [0.25, 0.3) is 11.5 Å². The number of hydrogen-bond acceptors (Lipinski definition) is 4. The quantitative estimate of drug-likeness (QED) is 0.625. The monoisotopic (exact) mass is 396 g/mol. The van der Waals surface area contributed by atoms with Crippen LogP contribution in [0.2, 0.25) is 0 Å². The first kappa shape index (κ1) is 19.5. The van der Waals surface area contributed by atoms with Crippen molar-refractivity contribution in [2.75, 3.05) is 11.1 Å². The summed E-state index contributed by atoms with van der Waals surface area (Å²) >= 11 is 1.18. The highest BCUT2D eigenvalue weighted by Gasteiger charge is 2.20. The SMILES string of the molecule is Cc1c(NC(=O)c2ccccc2SCC(N)=O)c(=O)n(-c2ccccc2)n1C. The van der Waals surface area contributed by atoms with Gasteiger partial charge in [0.15, 0.2) is 0 Å². The molecule has 0 aliphatic heterocycles. The number of benzene rings is 2. The largest absolute Gasteiger partial charge is 0.369 e. The fraction of sp³-hybridized carbons (Fsp3) is 0.150. The molecule has 0 saturated heterocycles. The number of nitrogens with zero attached hydrogens (tertiary/aromatic N) is 2. The van der Waals surface area contributed by atoms with E-state index in [1.165, 1.54) is 16.4 Å². The molecule has 0 spiro atoms. The molecule has 0 aliphatic carbocycles. The van der Waals surface area contributed by atoms with Crippen molar-refractivity contribution >= 4 is 29.3 Å². The standard InChI is InChI=1S/C20H20N4O3S/c1-13-18(20(27)24(23(13)2)14-8-4-3-5-9-14)22-19(26)15-10-6-7-11-16(15)28-12-17(21)25/h3-11H,12H2,1-2H3,(H2,21,25)(H,22,26). The Morgan fingerprint density at radius 2 is 1.71 bits per heavy atom. The van der Waals surface area contributed by atoms with Gasteiger partial charge in [-0.2, -0.15) is 0 Å². The van der Waals surface area contributed by atoms with Crippen molar-refractivity contribution in [3.63, 3.8) is 0 Å². The van der Waals surface area contributed by atoms with E-state index in [4.69, 9.17) is 5.73 Å². The Labute approximate surface area is 166 Å². The predicted octanol–water partition coefficient (Wildman–Crippen LogP) is 2.31. The third-order valence-electron chi connectivity index (χ3n) is 4.29. The maximum absolute atomic E-state index is 12.9. The summed E-state index contributed by atoms with van der Waals surface area (Å²) in [6.07, 6.45) is 0. The summed E-state index contributed by atoms with van der Waals surface area (Å²) in [5.74, 6) is -0.821. The summed E-state index contributed by atoms with van der Waals surface area (Å²) in [5, 5.41) is 2.73. The lowest BCUT2D eigenvalue weighted by Gasteiger charge is -2.08. The van der Waals surface area contributed by atoms with Crippen LogP contribution in [-0.2, 0) is 11.8 Å². The maximum atomic E-state index is 12.9. The van der Waals surface area contributed by atoms with E-state index < -0.39 is 11.8 Å². The van der Waals surface area contributed by atoms with Gasteiger partial charge in [-0.05, 0) is 31.2 Å². The molecule has 0 saturated carbocycles. The highest BCUT2D eigenvalue weighted by molar-refractivity contribution is 8.00. The molecule has 3 rings (SSSR count). The number of para-hydroxylation sites is 1. The fourth-order valence-corrected chi connectivity index (χ4v) is 3.61. The molecule has 0 aliphatic rings. The fourth-order valence-electron chi connectivity index (χ4n) is 2.82. The summed E-state index contributed by atoms with van der Waals surface area (Å²) in [5.41, 5.74) is 6.80. The number of carbonyl (C=O) groups excluding carboxylic acids is 2. The number of thioether (sulfide) groups is 1. The third-order valence-corrected chi connectivity index (χ3v) is 5.39. The molecule has 2 aromatic carbocycles. The molecule has 0 radical (unpaired) electrons. The van der Waals surface area contributed by atoms with E-state index >= 15 is 0 Å². The Hall–Kier alpha value is -3.26. The first-order valence-corrected chi connectivity index (χ1v) is 9.54. The first-order valence-electron chi connectivity index (χ1n) is 8.55. The van der Waals surface area contributed by atoms with E-state index in [1.807, 2.05) is 30.3 Å². The highest BCUT2D eigenvalue weighted by atomic mass is 32.2. The average molecular weight is 396 g/mol. The summed E-state index contributed by atoms with van der Waals surface area (Å²) in [6.45, 7) is 1.77. The number of anilines is 1. The van der Waals surface area contributed by atoms with Gasteiger partial charge in [-0.15, -0.1) is 11.8 Å². The van der Waals surface area contributed by atoms with Crippen LogP contribution in [0.5, 0.6) is 0 Å². The van der Waals surface area contributed by atoms with Crippen molar-refractivity contribution in [1.29, 1.82) is 0 Å². The molecule has 1 heterocycles. The molecule has 7 nitrogen and oxygen atoms in total. The van der Waals surface area contributed by atoms with Gasteiger partial charge in [-0.1, -0.05) is 30.3 Å². The lowest BCUT2D eigenvalue weighted by atomic mass is 10.2. The van der Waals surface area contributed by atoms with Gasteiger partial charge in [-0.25, -0.2) is 4.68 Å². The van der Waals surface area contributed by atoms with E-state index in [1.54, 1.807) is 42.9 Å². The van der Waals surface area contributed by atoms with Gasteiger partial charge >= 0.3 is 0 Å². The van der Waals surface area contributed by atoms with Crippen molar-refractivity contribution in [1.82, 2.24) is 9.36 Å². The third kappa shape index (κ3) is 3.86. The van der Waals surface area contributed by atoms with Crippen LogP contribution in [0.1, 0.15) is 16.1 Å². The number of primary amides is 1. The lowest BCUT2D eigenvalue weighted by molar-refractivity contribution is -0.115. The molecule has 28 heavy (non-hydrogen) atoms. The van der Waals surface area contributed by atoms with E-state index in [9.17, 15) is 14.4 Å². The van der Waals surface area contributed by atoms with Gasteiger partial charge in [0, 0.05) is 11.9 Å². The van der Waals surface area contributed by atoms with Crippen molar-refractivity contribution in [2.45, 2.75) is 11.8 Å². The van der Waals surface area contributed by atoms with Gasteiger partial charge in [0.2, 0.25) is 5.91 Å². The van der Waals surface area contributed by atoms with Crippen LogP contribution in [0.25, 0.3) is 5.69 Å². The minimum atomic E-state index is -0.468. The van der Waals surface area contributed by atoms with E-state index in [2.05, 4.69) is 5.32 Å². The zero-order valence-corrected chi connectivity index (χ0v) is 16.3. The molecule has 2 amide bonds. The Balaban J connectivity index is 1.94. The van der Waals surface area contributed by atoms with Gasteiger partial charge < -0.3 is 11.1 Å². The molecule has 0 bridgehead atoms. The second-order valence-electron chi connectivity index (χ2n) is 6.14. The van der Waals surface area contributed by atoms with E-state index in [0.717, 1.165) is 0 Å². The number of nitrogens with two attached hydrogens (primary N) is 1. The molecule has 3 N–H and O–H groups in total. The molecule has 0 fully saturated rings. The molecule has 144 valence electrons. The molecular weight excluding hydrogens is 376 g/mol. The molecule has 0 unspecified atom stereocenters. The number of aromatic nitrogens is 2. The normalized spacial score (nSPS) is 10.6. The van der Waals surface area contributed by atoms with Crippen molar-refractivity contribution in [2.24, 2.45) is 12.8 Å². The molecular formula is C20H20N4O3S. The molecule has 0 atom stereocenters. The number of nitrogens with one attached hydrogen (secondary N) is 1. The van der Waals surface area contributed by atoms with Gasteiger partial charge in [0.05, 0.1) is 22.7 Å². The van der Waals surface area contributed by atoms with Crippen molar-refractivity contribution < 1.29 is 9.59 Å². The molecule has 1 aromatic heterocycles. The number of hydrogen-bond donors (Lipinski definition) is 2. The highest BCUT2D eigenvalue weighted by Crippen LogP contribution is 2.23. The van der Waals surface area contributed by atoms with Crippen LogP contribution >= 0.6 is 11.8 Å². The minimum absolute atomic E-state index is 0.0650. The number of rotatable bonds is 6. The van der Waals surface area contributed by atoms with Crippen molar-refractivity contribution in [3.05, 3.63) is 76.2 Å². The zero-order chi connectivity index (χ0) is 20.3. The Morgan fingerprint density at radius 3 is 2.39 bits per heavy atom. The van der Waals surface area contributed by atoms with Crippen LogP contribution in [0.3, 0.4) is 0 Å². The average Bonchev–Trinajstić information content (AvgIpc) is 2.90.